The Morgan fingerprint density at radius 1 is 1.47 bits per heavy atom. The number of halogens is 2. The van der Waals surface area contributed by atoms with Crippen LogP contribution < -0.4 is 5.32 Å². The molecule has 4 heteroatoms. The lowest BCUT2D eigenvalue weighted by Crippen LogP contribution is -2.41. The molecule has 0 bridgehead atoms. The van der Waals surface area contributed by atoms with E-state index in [-0.39, 0.29) is 11.9 Å². The van der Waals surface area contributed by atoms with Gasteiger partial charge < -0.3 is 10.1 Å². The summed E-state index contributed by atoms with van der Waals surface area (Å²) in [4.78, 5) is 0. The van der Waals surface area contributed by atoms with Gasteiger partial charge in [-0.25, -0.2) is 4.39 Å². The van der Waals surface area contributed by atoms with E-state index in [4.69, 9.17) is 16.3 Å². The first-order valence-electron chi connectivity index (χ1n) is 5.66. The number of likely N-dealkylation sites (N-methyl/N-ethyl adjacent to an activating group) is 1. The standard InChI is InChI=1S/C13H19ClFNO/c1-5-16-12(13(2,3)17-4)10-7-6-9(14)8-11(10)15/h6-8,12,16H,5H2,1-4H3. The summed E-state index contributed by atoms with van der Waals surface area (Å²) in [7, 11) is 1.62. The maximum absolute atomic E-state index is 13.9. The molecule has 1 N–H and O–H groups in total. The van der Waals surface area contributed by atoms with Crippen molar-refractivity contribution >= 4 is 11.6 Å². The van der Waals surface area contributed by atoms with Crippen molar-refractivity contribution in [2.45, 2.75) is 32.4 Å². The molecule has 96 valence electrons. The molecular weight excluding hydrogens is 241 g/mol. The van der Waals surface area contributed by atoms with Crippen LogP contribution in [-0.2, 0) is 4.74 Å². The van der Waals surface area contributed by atoms with Crippen LogP contribution in [0.1, 0.15) is 32.4 Å². The highest BCUT2D eigenvalue weighted by Gasteiger charge is 2.31. The van der Waals surface area contributed by atoms with Gasteiger partial charge in [0.1, 0.15) is 5.82 Å². The van der Waals surface area contributed by atoms with Crippen LogP contribution >= 0.6 is 11.6 Å². The Hall–Kier alpha value is -0.640. The van der Waals surface area contributed by atoms with Crippen molar-refractivity contribution in [3.05, 3.63) is 34.6 Å². The van der Waals surface area contributed by atoms with Crippen molar-refractivity contribution in [2.24, 2.45) is 0 Å². The molecule has 0 aliphatic heterocycles. The second kappa shape index (κ2) is 5.80. The zero-order valence-corrected chi connectivity index (χ0v) is 11.4. The lowest BCUT2D eigenvalue weighted by molar-refractivity contribution is -0.0116. The van der Waals surface area contributed by atoms with E-state index >= 15 is 0 Å². The van der Waals surface area contributed by atoms with E-state index in [2.05, 4.69) is 5.32 Å². The highest BCUT2D eigenvalue weighted by molar-refractivity contribution is 6.30. The third kappa shape index (κ3) is 3.41. The smallest absolute Gasteiger partial charge is 0.129 e. The molecule has 1 atom stereocenters. The van der Waals surface area contributed by atoms with Gasteiger partial charge in [0, 0.05) is 17.7 Å². The number of methoxy groups -OCH3 is 1. The van der Waals surface area contributed by atoms with E-state index in [9.17, 15) is 4.39 Å². The van der Waals surface area contributed by atoms with Crippen LogP contribution in [0.5, 0.6) is 0 Å². The van der Waals surface area contributed by atoms with E-state index in [1.54, 1.807) is 19.2 Å². The molecule has 17 heavy (non-hydrogen) atoms. The second-order valence-corrected chi connectivity index (χ2v) is 4.90. The average molecular weight is 260 g/mol. The van der Waals surface area contributed by atoms with Gasteiger partial charge in [-0.15, -0.1) is 0 Å². The maximum atomic E-state index is 13.9. The Balaban J connectivity index is 3.14. The SMILES string of the molecule is CCNC(c1ccc(Cl)cc1F)C(C)(C)OC. The quantitative estimate of drug-likeness (QED) is 0.873. The predicted octanol–water partition coefficient (Wildman–Crippen LogP) is 3.55. The zero-order valence-electron chi connectivity index (χ0n) is 10.7. The van der Waals surface area contributed by atoms with E-state index in [1.807, 2.05) is 20.8 Å². The van der Waals surface area contributed by atoms with Crippen molar-refractivity contribution in [1.29, 1.82) is 0 Å². The van der Waals surface area contributed by atoms with Crippen LogP contribution in [0.2, 0.25) is 5.02 Å². The summed E-state index contributed by atoms with van der Waals surface area (Å²) >= 11 is 5.76. The highest BCUT2D eigenvalue weighted by Crippen LogP contribution is 2.31. The number of rotatable bonds is 5. The third-order valence-corrected chi connectivity index (χ3v) is 3.14. The van der Waals surface area contributed by atoms with E-state index in [0.29, 0.717) is 10.6 Å². The molecule has 0 aliphatic carbocycles. The Bertz CT molecular complexity index is 382. The number of benzene rings is 1. The van der Waals surface area contributed by atoms with Crippen LogP contribution in [-0.4, -0.2) is 19.3 Å². The molecule has 0 amide bonds. The molecule has 0 saturated carbocycles. The first-order valence-corrected chi connectivity index (χ1v) is 6.03. The summed E-state index contributed by atoms with van der Waals surface area (Å²) in [6.45, 7) is 6.56. The Morgan fingerprint density at radius 3 is 2.59 bits per heavy atom. The first-order chi connectivity index (χ1) is 7.92. The molecule has 1 rings (SSSR count). The second-order valence-electron chi connectivity index (χ2n) is 4.46. The zero-order chi connectivity index (χ0) is 13.1. The van der Waals surface area contributed by atoms with Gasteiger partial charge in [0.05, 0.1) is 11.6 Å². The van der Waals surface area contributed by atoms with Crippen molar-refractivity contribution in [1.82, 2.24) is 5.32 Å². The molecule has 2 nitrogen and oxygen atoms in total. The lowest BCUT2D eigenvalue weighted by Gasteiger charge is -2.34. The van der Waals surface area contributed by atoms with Crippen LogP contribution in [0.15, 0.2) is 18.2 Å². The summed E-state index contributed by atoms with van der Waals surface area (Å²) in [5.74, 6) is -0.312. The Morgan fingerprint density at radius 2 is 2.12 bits per heavy atom. The van der Waals surface area contributed by atoms with E-state index in [0.717, 1.165) is 6.54 Å². The van der Waals surface area contributed by atoms with Gasteiger partial charge in [-0.3, -0.25) is 0 Å². The Kier molecular flexibility index (Phi) is 4.92. The van der Waals surface area contributed by atoms with Crippen LogP contribution in [0.3, 0.4) is 0 Å². The minimum atomic E-state index is -0.495. The summed E-state index contributed by atoms with van der Waals surface area (Å²) in [5.41, 5.74) is 0.0770. The van der Waals surface area contributed by atoms with Crippen LogP contribution in [0.4, 0.5) is 4.39 Å². The van der Waals surface area contributed by atoms with E-state index in [1.165, 1.54) is 6.07 Å². The molecule has 1 unspecified atom stereocenters. The predicted molar refractivity (Wildman–Crippen MR) is 68.9 cm³/mol. The summed E-state index contributed by atoms with van der Waals surface area (Å²) < 4.78 is 19.3. The molecule has 1 aromatic rings. The number of hydrogen-bond donors (Lipinski definition) is 1. The minimum absolute atomic E-state index is 0.213. The number of ether oxygens (including phenoxy) is 1. The molecule has 0 heterocycles. The van der Waals surface area contributed by atoms with Gasteiger partial charge in [-0.05, 0) is 32.5 Å². The van der Waals surface area contributed by atoms with Gasteiger partial charge in [-0.2, -0.15) is 0 Å². The molecule has 0 fully saturated rings. The Labute approximate surface area is 107 Å². The molecule has 0 aliphatic rings. The fourth-order valence-electron chi connectivity index (χ4n) is 1.79. The van der Waals surface area contributed by atoms with Crippen molar-refractivity contribution in [2.75, 3.05) is 13.7 Å². The number of nitrogens with one attached hydrogen (secondary N) is 1. The molecule has 0 aromatic heterocycles. The first kappa shape index (κ1) is 14.4. The third-order valence-electron chi connectivity index (χ3n) is 2.90. The number of hydrogen-bond acceptors (Lipinski definition) is 2. The topological polar surface area (TPSA) is 21.3 Å². The monoisotopic (exact) mass is 259 g/mol. The van der Waals surface area contributed by atoms with Crippen molar-refractivity contribution in [3.8, 4) is 0 Å². The van der Waals surface area contributed by atoms with Crippen LogP contribution in [0, 0.1) is 5.82 Å². The van der Waals surface area contributed by atoms with Crippen LogP contribution in [0.25, 0.3) is 0 Å². The average Bonchev–Trinajstić information content (AvgIpc) is 2.27. The molecule has 1 aromatic carbocycles. The van der Waals surface area contributed by atoms with Crippen molar-refractivity contribution < 1.29 is 9.13 Å². The summed E-state index contributed by atoms with van der Waals surface area (Å²) in [6.07, 6.45) is 0. The summed E-state index contributed by atoms with van der Waals surface area (Å²) in [6, 6.07) is 4.50. The minimum Gasteiger partial charge on any atom is -0.377 e. The largest absolute Gasteiger partial charge is 0.377 e. The van der Waals surface area contributed by atoms with Gasteiger partial charge >= 0.3 is 0 Å². The van der Waals surface area contributed by atoms with Gasteiger partial charge in [-0.1, -0.05) is 24.6 Å². The highest BCUT2D eigenvalue weighted by atomic mass is 35.5. The molecular formula is C13H19ClFNO. The van der Waals surface area contributed by atoms with Gasteiger partial charge in [0.15, 0.2) is 0 Å². The fourth-order valence-corrected chi connectivity index (χ4v) is 1.95. The molecule has 0 saturated heterocycles. The molecule has 0 spiro atoms. The lowest BCUT2D eigenvalue weighted by atomic mass is 9.91. The van der Waals surface area contributed by atoms with Gasteiger partial charge in [0.2, 0.25) is 0 Å². The summed E-state index contributed by atoms with van der Waals surface area (Å²) in [5, 5.41) is 3.64. The normalized spacial score (nSPS) is 13.8. The fraction of sp³-hybridized carbons (Fsp3) is 0.538. The molecule has 0 radical (unpaired) electrons. The maximum Gasteiger partial charge on any atom is 0.129 e. The van der Waals surface area contributed by atoms with Gasteiger partial charge in [0.25, 0.3) is 0 Å². The van der Waals surface area contributed by atoms with E-state index < -0.39 is 5.60 Å². The van der Waals surface area contributed by atoms with Crippen molar-refractivity contribution in [3.63, 3.8) is 0 Å².